The van der Waals surface area contributed by atoms with Crippen molar-refractivity contribution in [1.29, 1.82) is 0 Å². The summed E-state index contributed by atoms with van der Waals surface area (Å²) in [7, 11) is 1.55. The van der Waals surface area contributed by atoms with Crippen molar-refractivity contribution >= 4 is 17.9 Å². The average Bonchev–Trinajstić information content (AvgIpc) is 2.95. The summed E-state index contributed by atoms with van der Waals surface area (Å²) in [4.78, 5) is 39.6. The van der Waals surface area contributed by atoms with Crippen LogP contribution in [0.15, 0.2) is 42.7 Å². The number of piperidine rings is 1. The van der Waals surface area contributed by atoms with Crippen molar-refractivity contribution in [2.45, 2.75) is 24.9 Å². The van der Waals surface area contributed by atoms with Gasteiger partial charge in [-0.2, -0.15) is 0 Å². The third-order valence-electron chi connectivity index (χ3n) is 5.80. The highest BCUT2D eigenvalue weighted by atomic mass is 19.1. The molecule has 30 heavy (non-hydrogen) atoms. The molecule has 3 heterocycles. The lowest BCUT2D eigenvalue weighted by Crippen LogP contribution is -2.56. The zero-order valence-corrected chi connectivity index (χ0v) is 16.8. The second-order valence-electron chi connectivity index (χ2n) is 7.52. The van der Waals surface area contributed by atoms with Gasteiger partial charge in [-0.3, -0.25) is 9.69 Å². The fourth-order valence-corrected chi connectivity index (χ4v) is 4.18. The van der Waals surface area contributed by atoms with E-state index in [1.165, 1.54) is 4.90 Å². The number of urea groups is 1. The van der Waals surface area contributed by atoms with E-state index in [0.717, 1.165) is 18.0 Å². The third kappa shape index (κ3) is 3.60. The Morgan fingerprint density at radius 3 is 2.40 bits per heavy atom. The standard InChI is InChI=1S/C21H24FN5O3/c1-30-12-11-26-18(28)21(27(20(26)29)15-16-5-3-2-4-6-16)7-9-25(10-8-21)19-23-13-17(22)14-24-19/h2-6,13-14H,7-12,15H2,1H3. The summed E-state index contributed by atoms with van der Waals surface area (Å²) in [5.74, 6) is -0.249. The first-order valence-corrected chi connectivity index (χ1v) is 9.94. The van der Waals surface area contributed by atoms with Gasteiger partial charge in [0.25, 0.3) is 5.91 Å². The van der Waals surface area contributed by atoms with Gasteiger partial charge in [-0.15, -0.1) is 0 Å². The maximum Gasteiger partial charge on any atom is 0.328 e. The van der Waals surface area contributed by atoms with Crippen LogP contribution in [0.2, 0.25) is 0 Å². The molecule has 1 aromatic carbocycles. The number of benzene rings is 1. The molecule has 0 atom stereocenters. The molecule has 1 aromatic heterocycles. The normalized spacial score (nSPS) is 18.5. The van der Waals surface area contributed by atoms with Crippen LogP contribution in [0, 0.1) is 5.82 Å². The molecule has 2 saturated heterocycles. The lowest BCUT2D eigenvalue weighted by molar-refractivity contribution is -0.134. The summed E-state index contributed by atoms with van der Waals surface area (Å²) in [5.41, 5.74) is 0.0629. The van der Waals surface area contributed by atoms with Crippen molar-refractivity contribution < 1.29 is 18.7 Å². The van der Waals surface area contributed by atoms with Crippen LogP contribution in [0.1, 0.15) is 18.4 Å². The van der Waals surface area contributed by atoms with Crippen LogP contribution in [0.25, 0.3) is 0 Å². The Balaban J connectivity index is 1.58. The summed E-state index contributed by atoms with van der Waals surface area (Å²) in [5, 5.41) is 0. The Morgan fingerprint density at radius 2 is 1.77 bits per heavy atom. The summed E-state index contributed by atoms with van der Waals surface area (Å²) >= 11 is 0. The maximum absolute atomic E-state index is 13.4. The van der Waals surface area contributed by atoms with E-state index < -0.39 is 11.4 Å². The molecular weight excluding hydrogens is 389 g/mol. The summed E-state index contributed by atoms with van der Waals surface area (Å²) in [6.45, 7) is 1.87. The van der Waals surface area contributed by atoms with Crippen LogP contribution in [0.5, 0.6) is 0 Å². The third-order valence-corrected chi connectivity index (χ3v) is 5.80. The van der Waals surface area contributed by atoms with Crippen molar-refractivity contribution in [2.75, 3.05) is 38.3 Å². The second kappa shape index (κ2) is 8.35. The Labute approximate surface area is 174 Å². The van der Waals surface area contributed by atoms with Gasteiger partial charge in [0, 0.05) is 26.7 Å². The molecule has 0 unspecified atom stereocenters. The van der Waals surface area contributed by atoms with Gasteiger partial charge in [-0.25, -0.2) is 19.2 Å². The number of halogens is 1. The molecule has 0 bridgehead atoms. The number of methoxy groups -OCH3 is 1. The molecule has 0 saturated carbocycles. The van der Waals surface area contributed by atoms with E-state index in [1.54, 1.807) is 12.0 Å². The number of rotatable bonds is 6. The van der Waals surface area contributed by atoms with E-state index in [0.29, 0.717) is 45.0 Å². The van der Waals surface area contributed by atoms with Gasteiger partial charge in [0.15, 0.2) is 5.82 Å². The summed E-state index contributed by atoms with van der Waals surface area (Å²) in [6, 6.07) is 9.37. The highest BCUT2D eigenvalue weighted by molar-refractivity contribution is 6.07. The van der Waals surface area contributed by atoms with Gasteiger partial charge in [-0.05, 0) is 18.4 Å². The van der Waals surface area contributed by atoms with Gasteiger partial charge < -0.3 is 14.5 Å². The Morgan fingerprint density at radius 1 is 1.10 bits per heavy atom. The van der Waals surface area contributed by atoms with Crippen LogP contribution in [-0.4, -0.2) is 70.6 Å². The first kappa shape index (κ1) is 20.2. The van der Waals surface area contributed by atoms with Crippen molar-refractivity contribution in [1.82, 2.24) is 19.8 Å². The zero-order chi connectivity index (χ0) is 21.1. The van der Waals surface area contributed by atoms with E-state index >= 15 is 0 Å². The number of aromatic nitrogens is 2. The van der Waals surface area contributed by atoms with Gasteiger partial charge in [0.05, 0.1) is 25.5 Å². The minimum Gasteiger partial charge on any atom is -0.383 e. The first-order chi connectivity index (χ1) is 14.5. The van der Waals surface area contributed by atoms with Crippen LogP contribution in [0.4, 0.5) is 15.1 Å². The van der Waals surface area contributed by atoms with Crippen molar-refractivity contribution in [3.05, 3.63) is 54.1 Å². The van der Waals surface area contributed by atoms with Crippen LogP contribution in [-0.2, 0) is 16.1 Å². The second-order valence-corrected chi connectivity index (χ2v) is 7.52. The quantitative estimate of drug-likeness (QED) is 0.675. The topological polar surface area (TPSA) is 78.9 Å². The van der Waals surface area contributed by atoms with Gasteiger partial charge in [-0.1, -0.05) is 30.3 Å². The lowest BCUT2D eigenvalue weighted by atomic mass is 9.85. The van der Waals surface area contributed by atoms with E-state index in [4.69, 9.17) is 4.74 Å². The molecule has 1 spiro atoms. The average molecular weight is 413 g/mol. The van der Waals surface area contributed by atoms with Gasteiger partial charge in [0.1, 0.15) is 5.54 Å². The molecule has 4 rings (SSSR count). The number of imide groups is 1. The fraction of sp³-hybridized carbons (Fsp3) is 0.429. The molecule has 9 heteroatoms. The Bertz CT molecular complexity index is 901. The number of amides is 3. The molecule has 2 aromatic rings. The number of ether oxygens (including phenoxy) is 1. The van der Waals surface area contributed by atoms with E-state index in [-0.39, 0.29) is 18.5 Å². The maximum atomic E-state index is 13.4. The van der Waals surface area contributed by atoms with Crippen LogP contribution in [0.3, 0.4) is 0 Å². The predicted molar refractivity (Wildman–Crippen MR) is 107 cm³/mol. The minimum absolute atomic E-state index is 0.180. The molecule has 2 fully saturated rings. The monoisotopic (exact) mass is 413 g/mol. The van der Waals surface area contributed by atoms with Gasteiger partial charge in [0.2, 0.25) is 5.95 Å². The molecule has 2 aliphatic rings. The fourth-order valence-electron chi connectivity index (χ4n) is 4.18. The molecule has 8 nitrogen and oxygen atoms in total. The number of hydrogen-bond acceptors (Lipinski definition) is 6. The lowest BCUT2D eigenvalue weighted by Gasteiger charge is -2.42. The number of carbonyl (C=O) groups is 2. The largest absolute Gasteiger partial charge is 0.383 e. The number of anilines is 1. The molecule has 0 aliphatic carbocycles. The predicted octanol–water partition coefficient (Wildman–Crippen LogP) is 2.07. The Kier molecular flexibility index (Phi) is 5.63. The van der Waals surface area contributed by atoms with E-state index in [1.807, 2.05) is 35.2 Å². The van der Waals surface area contributed by atoms with Crippen LogP contribution >= 0.6 is 0 Å². The van der Waals surface area contributed by atoms with E-state index in [2.05, 4.69) is 9.97 Å². The number of carbonyl (C=O) groups excluding carboxylic acids is 2. The molecule has 0 N–H and O–H groups in total. The van der Waals surface area contributed by atoms with Crippen molar-refractivity contribution in [3.63, 3.8) is 0 Å². The minimum atomic E-state index is -0.906. The number of hydrogen-bond donors (Lipinski definition) is 0. The Hall–Kier alpha value is -3.07. The van der Waals surface area contributed by atoms with Crippen molar-refractivity contribution in [3.8, 4) is 0 Å². The SMILES string of the molecule is COCCN1C(=O)N(Cc2ccccc2)C2(CCN(c3ncc(F)cn3)CC2)C1=O. The smallest absolute Gasteiger partial charge is 0.328 e. The summed E-state index contributed by atoms with van der Waals surface area (Å²) in [6.07, 6.45) is 3.17. The van der Waals surface area contributed by atoms with E-state index in [9.17, 15) is 14.0 Å². The molecule has 0 radical (unpaired) electrons. The molecule has 158 valence electrons. The molecule has 2 aliphatic heterocycles. The molecule has 3 amide bonds. The number of nitrogens with zero attached hydrogens (tertiary/aromatic N) is 5. The highest BCUT2D eigenvalue weighted by Crippen LogP contribution is 2.39. The first-order valence-electron chi connectivity index (χ1n) is 9.94. The zero-order valence-electron chi connectivity index (χ0n) is 16.8. The van der Waals surface area contributed by atoms with Crippen molar-refractivity contribution in [2.24, 2.45) is 0 Å². The van der Waals surface area contributed by atoms with Gasteiger partial charge >= 0.3 is 6.03 Å². The molecular formula is C21H24FN5O3. The highest BCUT2D eigenvalue weighted by Gasteiger charge is 2.57. The van der Waals surface area contributed by atoms with Crippen LogP contribution < -0.4 is 4.90 Å². The summed E-state index contributed by atoms with van der Waals surface area (Å²) < 4.78 is 18.2.